The molecule has 1 heterocycles. The highest BCUT2D eigenvalue weighted by atomic mass is 32.2. The fourth-order valence-electron chi connectivity index (χ4n) is 2.68. The number of carbonyl (C=O) groups excluding carboxylic acids is 1. The Morgan fingerprint density at radius 1 is 1.41 bits per heavy atom. The summed E-state index contributed by atoms with van der Waals surface area (Å²) >= 11 is 1.82. The Morgan fingerprint density at radius 2 is 2.18 bits per heavy atom. The van der Waals surface area contributed by atoms with E-state index in [1.807, 2.05) is 23.9 Å². The lowest BCUT2D eigenvalue weighted by atomic mass is 9.98. The summed E-state index contributed by atoms with van der Waals surface area (Å²) in [7, 11) is 2.07. The van der Waals surface area contributed by atoms with Crippen LogP contribution < -0.4 is 5.32 Å². The molecule has 1 amide bonds. The summed E-state index contributed by atoms with van der Waals surface area (Å²) in [6.45, 7) is 2.73. The molecule has 1 saturated heterocycles. The lowest BCUT2D eigenvalue weighted by Gasteiger charge is -2.28. The minimum atomic E-state index is -0.190. The molecule has 3 nitrogen and oxygen atoms in total. The quantitative estimate of drug-likeness (QED) is 0.783. The number of nitrogens with one attached hydrogen (secondary N) is 1. The summed E-state index contributed by atoms with van der Waals surface area (Å²) in [5.41, 5.74) is 1.14. The zero-order valence-corrected chi connectivity index (χ0v) is 14.0. The first kappa shape index (κ1) is 17.3. The maximum absolute atomic E-state index is 12.8. The zero-order valence-electron chi connectivity index (χ0n) is 13.2. The number of thioether (sulfide) groups is 1. The number of carbonyl (C=O) groups is 1. The van der Waals surface area contributed by atoms with Gasteiger partial charge in [-0.25, -0.2) is 4.39 Å². The van der Waals surface area contributed by atoms with Crippen molar-refractivity contribution < 1.29 is 9.18 Å². The van der Waals surface area contributed by atoms with Crippen LogP contribution in [0, 0.1) is 11.7 Å². The second kappa shape index (κ2) is 9.16. The third-order valence-electron chi connectivity index (χ3n) is 3.94. The van der Waals surface area contributed by atoms with Gasteiger partial charge >= 0.3 is 0 Å². The average Bonchev–Trinajstić information content (AvgIpc) is 2.52. The SMILES string of the molecule is CN1CCC[C@H](C(=O)NCCCSCc2ccc(F)cc2)C1. The van der Waals surface area contributed by atoms with Crippen LogP contribution in [-0.2, 0) is 10.5 Å². The smallest absolute Gasteiger partial charge is 0.224 e. The molecule has 1 aromatic rings. The molecule has 0 aromatic heterocycles. The lowest BCUT2D eigenvalue weighted by Crippen LogP contribution is -2.41. The number of piperidine rings is 1. The highest BCUT2D eigenvalue weighted by Gasteiger charge is 2.23. The first-order chi connectivity index (χ1) is 10.6. The van der Waals surface area contributed by atoms with Crippen LogP contribution >= 0.6 is 11.8 Å². The first-order valence-electron chi connectivity index (χ1n) is 7.93. The van der Waals surface area contributed by atoms with Gasteiger partial charge in [-0.2, -0.15) is 11.8 Å². The monoisotopic (exact) mass is 324 g/mol. The van der Waals surface area contributed by atoms with Gasteiger partial charge in [0.1, 0.15) is 5.82 Å². The minimum Gasteiger partial charge on any atom is -0.356 e. The largest absolute Gasteiger partial charge is 0.356 e. The molecule has 0 aliphatic carbocycles. The second-order valence-electron chi connectivity index (χ2n) is 5.93. The van der Waals surface area contributed by atoms with Crippen LogP contribution in [0.4, 0.5) is 4.39 Å². The normalized spacial score (nSPS) is 19.1. The van der Waals surface area contributed by atoms with Gasteiger partial charge < -0.3 is 10.2 Å². The Kier molecular flexibility index (Phi) is 7.19. The van der Waals surface area contributed by atoms with Gasteiger partial charge in [0.05, 0.1) is 5.92 Å². The van der Waals surface area contributed by atoms with E-state index >= 15 is 0 Å². The molecule has 1 aromatic carbocycles. The molecule has 2 rings (SSSR count). The molecule has 0 radical (unpaired) electrons. The maximum Gasteiger partial charge on any atom is 0.224 e. The van der Waals surface area contributed by atoms with Crippen LogP contribution in [0.15, 0.2) is 24.3 Å². The van der Waals surface area contributed by atoms with E-state index < -0.39 is 0 Å². The van der Waals surface area contributed by atoms with Crippen LogP contribution in [-0.4, -0.2) is 43.2 Å². The molecule has 0 bridgehead atoms. The Labute approximate surface area is 136 Å². The van der Waals surface area contributed by atoms with Gasteiger partial charge in [0, 0.05) is 18.8 Å². The van der Waals surface area contributed by atoms with E-state index in [4.69, 9.17) is 0 Å². The first-order valence-corrected chi connectivity index (χ1v) is 9.09. The fraction of sp³-hybridized carbons (Fsp3) is 0.588. The topological polar surface area (TPSA) is 32.3 Å². The van der Waals surface area contributed by atoms with Crippen molar-refractivity contribution in [2.45, 2.75) is 25.0 Å². The van der Waals surface area contributed by atoms with Gasteiger partial charge in [-0.3, -0.25) is 4.79 Å². The Bertz CT molecular complexity index is 466. The molecule has 0 unspecified atom stereocenters. The van der Waals surface area contributed by atoms with Gasteiger partial charge in [0.2, 0.25) is 5.91 Å². The van der Waals surface area contributed by atoms with Crippen LogP contribution in [0.25, 0.3) is 0 Å². The van der Waals surface area contributed by atoms with E-state index in [0.29, 0.717) is 0 Å². The third-order valence-corrected chi connectivity index (χ3v) is 5.06. The number of nitrogens with zero attached hydrogens (tertiary/aromatic N) is 1. The van der Waals surface area contributed by atoms with Gasteiger partial charge in [-0.05, 0) is 56.3 Å². The summed E-state index contributed by atoms with van der Waals surface area (Å²) in [6, 6.07) is 6.64. The van der Waals surface area contributed by atoms with E-state index in [2.05, 4.69) is 17.3 Å². The van der Waals surface area contributed by atoms with E-state index in [1.54, 1.807) is 0 Å². The molecule has 0 saturated carbocycles. The number of hydrogen-bond acceptors (Lipinski definition) is 3. The molecule has 1 atom stereocenters. The number of hydrogen-bond donors (Lipinski definition) is 1. The minimum absolute atomic E-state index is 0.158. The second-order valence-corrected chi connectivity index (χ2v) is 7.03. The van der Waals surface area contributed by atoms with Crippen molar-refractivity contribution in [1.82, 2.24) is 10.2 Å². The summed E-state index contributed by atoms with van der Waals surface area (Å²) in [5, 5.41) is 3.05. The fourth-order valence-corrected chi connectivity index (χ4v) is 3.60. The molecule has 1 aliphatic heterocycles. The zero-order chi connectivity index (χ0) is 15.8. The molecular weight excluding hydrogens is 299 g/mol. The van der Waals surface area contributed by atoms with Crippen LogP contribution in [0.1, 0.15) is 24.8 Å². The molecule has 0 spiro atoms. The number of likely N-dealkylation sites (tertiary alicyclic amines) is 1. The van der Waals surface area contributed by atoms with Crippen molar-refractivity contribution in [3.8, 4) is 0 Å². The van der Waals surface area contributed by atoms with Crippen molar-refractivity contribution in [1.29, 1.82) is 0 Å². The van der Waals surface area contributed by atoms with Crippen LogP contribution in [0.2, 0.25) is 0 Å². The Balaban J connectivity index is 1.53. The van der Waals surface area contributed by atoms with E-state index in [0.717, 1.165) is 56.0 Å². The van der Waals surface area contributed by atoms with Crippen LogP contribution in [0.3, 0.4) is 0 Å². The summed E-state index contributed by atoms with van der Waals surface area (Å²) in [5.74, 6) is 2.06. The number of amides is 1. The van der Waals surface area contributed by atoms with Gasteiger partial charge in [-0.1, -0.05) is 12.1 Å². The summed E-state index contributed by atoms with van der Waals surface area (Å²) < 4.78 is 12.8. The van der Waals surface area contributed by atoms with E-state index in [1.165, 1.54) is 12.1 Å². The molecule has 122 valence electrons. The van der Waals surface area contributed by atoms with Crippen molar-refractivity contribution in [2.24, 2.45) is 5.92 Å². The van der Waals surface area contributed by atoms with Gasteiger partial charge in [-0.15, -0.1) is 0 Å². The standard InChI is InChI=1S/C17H25FN2OS/c1-20-10-2-4-15(12-20)17(21)19-9-3-11-22-13-14-5-7-16(18)8-6-14/h5-8,15H,2-4,9-13H2,1H3,(H,19,21)/t15-/m0/s1. The van der Waals surface area contributed by atoms with Crippen molar-refractivity contribution >= 4 is 17.7 Å². The molecule has 1 N–H and O–H groups in total. The summed E-state index contributed by atoms with van der Waals surface area (Å²) in [4.78, 5) is 14.3. The highest BCUT2D eigenvalue weighted by molar-refractivity contribution is 7.98. The Morgan fingerprint density at radius 3 is 2.91 bits per heavy atom. The third kappa shape index (κ3) is 5.97. The lowest BCUT2D eigenvalue weighted by molar-refractivity contribution is -0.126. The van der Waals surface area contributed by atoms with Gasteiger partial charge in [0.25, 0.3) is 0 Å². The maximum atomic E-state index is 12.8. The molecule has 1 aliphatic rings. The molecular formula is C17H25FN2OS. The van der Waals surface area contributed by atoms with Crippen molar-refractivity contribution in [2.75, 3.05) is 32.4 Å². The Hall–Kier alpha value is -1.07. The van der Waals surface area contributed by atoms with Gasteiger partial charge in [0.15, 0.2) is 0 Å². The predicted octanol–water partition coefficient (Wildman–Crippen LogP) is 2.91. The van der Waals surface area contributed by atoms with Crippen molar-refractivity contribution in [3.63, 3.8) is 0 Å². The van der Waals surface area contributed by atoms with E-state index in [9.17, 15) is 9.18 Å². The van der Waals surface area contributed by atoms with Crippen molar-refractivity contribution in [3.05, 3.63) is 35.6 Å². The molecule has 5 heteroatoms. The average molecular weight is 324 g/mol. The number of halogens is 1. The number of benzene rings is 1. The molecule has 1 fully saturated rings. The van der Waals surface area contributed by atoms with E-state index in [-0.39, 0.29) is 17.6 Å². The molecule has 22 heavy (non-hydrogen) atoms. The number of rotatable bonds is 7. The highest BCUT2D eigenvalue weighted by Crippen LogP contribution is 2.15. The van der Waals surface area contributed by atoms with Crippen LogP contribution in [0.5, 0.6) is 0 Å². The summed E-state index contributed by atoms with van der Waals surface area (Å²) in [6.07, 6.45) is 3.09. The predicted molar refractivity (Wildman–Crippen MR) is 90.4 cm³/mol.